The second-order valence-corrected chi connectivity index (χ2v) is 3.28. The molecule has 0 fully saturated rings. The van der Waals surface area contributed by atoms with Crippen LogP contribution in [-0.4, -0.2) is 38.4 Å². The predicted molar refractivity (Wildman–Crippen MR) is 61.4 cm³/mol. The minimum atomic E-state index is -0.862. The minimum Gasteiger partial charge on any atom is -0.478 e. The number of carboxylic acids is 1. The Labute approximate surface area is 108 Å². The van der Waals surface area contributed by atoms with Gasteiger partial charge in [-0.25, -0.2) is 4.79 Å². The van der Waals surface area contributed by atoms with Crippen molar-refractivity contribution in [2.75, 3.05) is 0 Å². The van der Waals surface area contributed by atoms with Crippen LogP contribution in [0.2, 0.25) is 0 Å². The normalized spacial score (nSPS) is 9.67. The molecule has 0 atom stereocenters. The quantitative estimate of drug-likeness (QED) is 0.760. The van der Waals surface area contributed by atoms with Crippen LogP contribution in [0.1, 0.15) is 15.9 Å². The van der Waals surface area contributed by atoms with Crippen LogP contribution >= 0.6 is 0 Å². The van der Waals surface area contributed by atoms with Gasteiger partial charge in [-0.2, -0.15) is 0 Å². The van der Waals surface area contributed by atoms with Gasteiger partial charge in [0, 0.05) is 27.3 Å². The van der Waals surface area contributed by atoms with E-state index in [-0.39, 0.29) is 27.3 Å². The van der Waals surface area contributed by atoms with Crippen LogP contribution in [0.25, 0.3) is 10.8 Å². The monoisotopic (exact) mass is 391 g/mol. The molecule has 0 saturated heterocycles. The fourth-order valence-electron chi connectivity index (χ4n) is 1.66. The summed E-state index contributed by atoms with van der Waals surface area (Å²) in [5.41, 5.74) is 1.21. The zero-order valence-electron chi connectivity index (χ0n) is 8.40. The summed E-state index contributed by atoms with van der Waals surface area (Å²) in [6.07, 6.45) is 0. The zero-order valence-corrected chi connectivity index (χ0v) is 12.9. The smallest absolute Gasteiger partial charge is 0.336 e. The number of aryl methyl sites for hydroxylation is 1. The van der Waals surface area contributed by atoms with Crippen LogP contribution in [0.15, 0.2) is 36.4 Å². The standard InChI is InChI=1S/C12H10O2.Tl/c1-8-6-7-9-4-2-3-5-10(9)11(8)12(13)14;/h2-7H,1H3,(H,13,14);. The van der Waals surface area contributed by atoms with Crippen molar-refractivity contribution in [2.45, 2.75) is 6.92 Å². The molecule has 0 aliphatic heterocycles. The van der Waals surface area contributed by atoms with Gasteiger partial charge in [-0.15, -0.1) is 0 Å². The van der Waals surface area contributed by atoms with Crippen LogP contribution in [0.5, 0.6) is 0 Å². The largest absolute Gasteiger partial charge is 0.478 e. The van der Waals surface area contributed by atoms with Gasteiger partial charge in [0.2, 0.25) is 0 Å². The first-order chi connectivity index (χ1) is 6.70. The summed E-state index contributed by atoms with van der Waals surface area (Å²) in [6, 6.07) is 11.3. The number of rotatable bonds is 1. The van der Waals surface area contributed by atoms with E-state index in [2.05, 4.69) is 0 Å². The molecule has 0 amide bonds. The molecule has 0 heterocycles. The van der Waals surface area contributed by atoms with E-state index in [0.29, 0.717) is 5.56 Å². The third kappa shape index (κ3) is 2.19. The summed E-state index contributed by atoms with van der Waals surface area (Å²) >= 11 is 0. The third-order valence-corrected chi connectivity index (χ3v) is 2.35. The van der Waals surface area contributed by atoms with Crippen molar-refractivity contribution < 1.29 is 9.90 Å². The van der Waals surface area contributed by atoms with E-state index in [4.69, 9.17) is 5.11 Å². The maximum absolute atomic E-state index is 11.0. The molecule has 0 aliphatic carbocycles. The van der Waals surface area contributed by atoms with E-state index in [9.17, 15) is 4.79 Å². The molecule has 0 unspecified atom stereocenters. The van der Waals surface area contributed by atoms with Crippen LogP contribution < -0.4 is 0 Å². The summed E-state index contributed by atoms with van der Waals surface area (Å²) < 4.78 is 0. The molecule has 73 valence electrons. The molecular weight excluding hydrogens is 381 g/mol. The number of carbonyl (C=O) groups is 1. The number of fused-ring (bicyclic) bond motifs is 1. The Morgan fingerprint density at radius 2 is 1.80 bits per heavy atom. The summed E-state index contributed by atoms with van der Waals surface area (Å²) in [7, 11) is 0. The maximum atomic E-state index is 11.0. The van der Waals surface area contributed by atoms with Crippen molar-refractivity contribution in [3.63, 3.8) is 0 Å². The maximum Gasteiger partial charge on any atom is 0.336 e. The van der Waals surface area contributed by atoms with Gasteiger partial charge in [0.25, 0.3) is 0 Å². The molecule has 1 N–H and O–H groups in total. The molecule has 0 saturated carbocycles. The zero-order chi connectivity index (χ0) is 10.1. The molecule has 0 aromatic heterocycles. The molecule has 2 nitrogen and oxygen atoms in total. The first kappa shape index (κ1) is 12.2. The molecule has 3 heteroatoms. The predicted octanol–water partition coefficient (Wildman–Crippen LogP) is 2.47. The number of hydrogen-bond acceptors (Lipinski definition) is 1. The molecular formula is C12H10O2Tl. The summed E-state index contributed by atoms with van der Waals surface area (Å²) in [6.45, 7) is 1.82. The second kappa shape index (κ2) is 4.74. The third-order valence-electron chi connectivity index (χ3n) is 2.35. The first-order valence-corrected chi connectivity index (χ1v) is 4.42. The van der Waals surface area contributed by atoms with Gasteiger partial charge in [0.1, 0.15) is 0 Å². The van der Waals surface area contributed by atoms with Crippen LogP contribution in [0.4, 0.5) is 0 Å². The Morgan fingerprint density at radius 3 is 2.47 bits per heavy atom. The van der Waals surface area contributed by atoms with Crippen LogP contribution in [-0.2, 0) is 0 Å². The Bertz CT molecular complexity index is 506. The molecule has 2 aromatic rings. The van der Waals surface area contributed by atoms with Crippen molar-refractivity contribution in [1.29, 1.82) is 0 Å². The molecule has 2 aromatic carbocycles. The SMILES string of the molecule is Cc1ccc2ccccc2c1C(=O)O.[Tl]. The summed E-state index contributed by atoms with van der Waals surface area (Å²) in [5, 5.41) is 10.8. The van der Waals surface area contributed by atoms with Gasteiger partial charge in [0.15, 0.2) is 0 Å². The van der Waals surface area contributed by atoms with E-state index in [1.54, 1.807) is 0 Å². The average Bonchev–Trinajstić information content (AvgIpc) is 2.17. The Balaban J connectivity index is 0.00000112. The van der Waals surface area contributed by atoms with Crippen molar-refractivity contribution in [1.82, 2.24) is 0 Å². The molecule has 0 spiro atoms. The Morgan fingerprint density at radius 1 is 1.13 bits per heavy atom. The number of benzene rings is 2. The topological polar surface area (TPSA) is 37.3 Å². The van der Waals surface area contributed by atoms with Crippen molar-refractivity contribution in [3.8, 4) is 0 Å². The van der Waals surface area contributed by atoms with Crippen LogP contribution in [0.3, 0.4) is 0 Å². The van der Waals surface area contributed by atoms with Gasteiger partial charge < -0.3 is 5.11 Å². The van der Waals surface area contributed by atoms with E-state index < -0.39 is 5.97 Å². The number of aromatic carboxylic acids is 1. The van der Waals surface area contributed by atoms with Crippen LogP contribution in [0, 0.1) is 6.92 Å². The van der Waals surface area contributed by atoms with E-state index in [0.717, 1.165) is 16.3 Å². The Kier molecular flexibility index (Phi) is 3.85. The van der Waals surface area contributed by atoms with Gasteiger partial charge in [0.05, 0.1) is 5.56 Å². The van der Waals surface area contributed by atoms with E-state index in [1.165, 1.54) is 0 Å². The summed E-state index contributed by atoms with van der Waals surface area (Å²) in [5.74, 6) is -0.862. The van der Waals surface area contributed by atoms with E-state index in [1.807, 2.05) is 43.3 Å². The van der Waals surface area contributed by atoms with Crippen molar-refractivity contribution in [3.05, 3.63) is 47.5 Å². The van der Waals surface area contributed by atoms with Gasteiger partial charge in [-0.3, -0.25) is 0 Å². The number of hydrogen-bond donors (Lipinski definition) is 1. The van der Waals surface area contributed by atoms with Gasteiger partial charge >= 0.3 is 5.97 Å². The van der Waals surface area contributed by atoms with Gasteiger partial charge in [-0.05, 0) is 23.3 Å². The molecule has 0 aliphatic rings. The van der Waals surface area contributed by atoms with E-state index >= 15 is 0 Å². The fraction of sp³-hybridized carbons (Fsp3) is 0.0833. The summed E-state index contributed by atoms with van der Waals surface area (Å²) in [4.78, 5) is 11.0. The average molecular weight is 391 g/mol. The molecule has 0 bridgehead atoms. The van der Waals surface area contributed by atoms with Crippen molar-refractivity contribution >= 4 is 44.0 Å². The van der Waals surface area contributed by atoms with Crippen molar-refractivity contribution in [2.24, 2.45) is 0 Å². The molecule has 15 heavy (non-hydrogen) atoms. The fourth-order valence-corrected chi connectivity index (χ4v) is 1.66. The number of carboxylic acid groups (broad SMARTS) is 1. The van der Waals surface area contributed by atoms with Gasteiger partial charge in [-0.1, -0.05) is 36.4 Å². The Hall–Kier alpha value is -0.908. The first-order valence-electron chi connectivity index (χ1n) is 4.42. The molecule has 1 radical (unpaired) electrons. The minimum absolute atomic E-state index is 0. The second-order valence-electron chi connectivity index (χ2n) is 3.28. The molecule has 2 rings (SSSR count).